The highest BCUT2D eigenvalue weighted by molar-refractivity contribution is 5.83. The van der Waals surface area contributed by atoms with E-state index in [9.17, 15) is 4.79 Å². The van der Waals surface area contributed by atoms with Crippen LogP contribution >= 0.6 is 0 Å². The second kappa shape index (κ2) is 10.4. The van der Waals surface area contributed by atoms with Gasteiger partial charge >= 0.3 is 0 Å². The highest BCUT2D eigenvalue weighted by Gasteiger charge is 2.34. The van der Waals surface area contributed by atoms with E-state index in [-0.39, 0.29) is 18.4 Å². The van der Waals surface area contributed by atoms with Gasteiger partial charge in [0.15, 0.2) is 17.3 Å². The molecule has 3 aliphatic rings. The maximum Gasteiger partial charge on any atom is 0.253 e. The number of aromatic amines is 1. The van der Waals surface area contributed by atoms with Crippen molar-refractivity contribution in [2.24, 2.45) is 0 Å². The number of ether oxygens (including phenoxy) is 2. The monoisotopic (exact) mass is 527 g/mol. The number of hydrogen-bond donors (Lipinski definition) is 1. The number of nitrogens with one attached hydrogen (secondary N) is 1. The molecule has 4 heterocycles. The number of aromatic nitrogens is 5. The minimum absolute atomic E-state index is 0.143. The molecule has 1 atom stereocenters. The van der Waals surface area contributed by atoms with Crippen molar-refractivity contribution in [2.75, 3.05) is 33.0 Å². The summed E-state index contributed by atoms with van der Waals surface area (Å²) in [5.74, 6) is 2.01. The first kappa shape index (κ1) is 24.3. The Morgan fingerprint density at radius 3 is 2.51 bits per heavy atom. The van der Waals surface area contributed by atoms with Crippen molar-refractivity contribution in [3.63, 3.8) is 0 Å². The molecule has 4 aromatic rings. The summed E-state index contributed by atoms with van der Waals surface area (Å²) >= 11 is 0. The SMILES string of the molecule is O=c1[nH]c2cc3c(cc2cc1[C@@H](c1nnnn1Cc1ccccc1)N1CCN(C2CCCCC2)CC1)OCO3. The minimum atomic E-state index is -0.379. The maximum atomic E-state index is 13.7. The second-order valence-electron chi connectivity index (χ2n) is 10.8. The molecule has 2 aromatic heterocycles. The van der Waals surface area contributed by atoms with Gasteiger partial charge in [-0.1, -0.05) is 49.6 Å². The van der Waals surface area contributed by atoms with Crippen molar-refractivity contribution in [3.05, 3.63) is 75.8 Å². The van der Waals surface area contributed by atoms with Gasteiger partial charge in [0, 0.05) is 49.2 Å². The van der Waals surface area contributed by atoms with Crippen LogP contribution in [0.2, 0.25) is 0 Å². The van der Waals surface area contributed by atoms with Crippen LogP contribution in [0.25, 0.3) is 10.9 Å². The zero-order valence-electron chi connectivity index (χ0n) is 22.0. The number of tetrazole rings is 1. The first-order chi connectivity index (χ1) is 19.2. The number of rotatable bonds is 6. The molecule has 0 bridgehead atoms. The number of fused-ring (bicyclic) bond motifs is 2. The Balaban J connectivity index is 1.26. The molecule has 0 unspecified atom stereocenters. The predicted octanol–water partition coefficient (Wildman–Crippen LogP) is 3.33. The Morgan fingerprint density at radius 2 is 1.72 bits per heavy atom. The molecule has 39 heavy (non-hydrogen) atoms. The number of H-pyrrole nitrogens is 1. The topological polar surface area (TPSA) is 101 Å². The van der Waals surface area contributed by atoms with Gasteiger partial charge in [0.05, 0.1) is 12.1 Å². The number of pyridine rings is 1. The first-order valence-electron chi connectivity index (χ1n) is 14.0. The van der Waals surface area contributed by atoms with E-state index >= 15 is 0 Å². The third kappa shape index (κ3) is 4.79. The summed E-state index contributed by atoms with van der Waals surface area (Å²) in [6, 6.07) is 16.2. The molecule has 202 valence electrons. The Hall–Kier alpha value is -3.76. The van der Waals surface area contributed by atoms with Crippen LogP contribution in [0.5, 0.6) is 11.5 Å². The average Bonchev–Trinajstić information content (AvgIpc) is 3.63. The summed E-state index contributed by atoms with van der Waals surface area (Å²) in [4.78, 5) is 21.8. The van der Waals surface area contributed by atoms with E-state index in [4.69, 9.17) is 9.47 Å². The van der Waals surface area contributed by atoms with Crippen LogP contribution in [0.1, 0.15) is 55.1 Å². The van der Waals surface area contributed by atoms with Crippen LogP contribution in [0.3, 0.4) is 0 Å². The Labute approximate surface area is 226 Å². The van der Waals surface area contributed by atoms with Gasteiger partial charge in [-0.15, -0.1) is 5.10 Å². The Bertz CT molecular complexity index is 1500. The lowest BCUT2D eigenvalue weighted by molar-refractivity contribution is 0.0618. The standard InChI is InChI=1S/C29H33N7O3/c37-29-23(15-21-16-25-26(39-19-38-25)17-24(21)30-29)27(28-31-32-33-36(28)18-20-7-3-1-4-8-20)35-13-11-34(12-14-35)22-9-5-2-6-10-22/h1,3-4,7-8,15-17,22,27H,2,5-6,9-14,18-19H2,(H,30,37)/t27-/m0/s1. The van der Waals surface area contributed by atoms with Crippen LogP contribution in [0, 0.1) is 0 Å². The van der Waals surface area contributed by atoms with Crippen molar-refractivity contribution >= 4 is 10.9 Å². The van der Waals surface area contributed by atoms with Crippen LogP contribution in [-0.2, 0) is 6.54 Å². The van der Waals surface area contributed by atoms with Gasteiger partial charge in [0.1, 0.15) is 6.04 Å². The fourth-order valence-electron chi connectivity index (χ4n) is 6.40. The molecule has 10 heteroatoms. The summed E-state index contributed by atoms with van der Waals surface area (Å²) in [6.07, 6.45) is 6.59. The van der Waals surface area contributed by atoms with Gasteiger partial charge in [-0.25, -0.2) is 4.68 Å². The van der Waals surface area contributed by atoms with E-state index in [2.05, 4.69) is 42.4 Å². The van der Waals surface area contributed by atoms with E-state index in [0.29, 0.717) is 35.5 Å². The fourth-order valence-corrected chi connectivity index (χ4v) is 6.40. The number of nitrogens with zero attached hydrogens (tertiary/aromatic N) is 6. The summed E-state index contributed by atoms with van der Waals surface area (Å²) in [5, 5.41) is 13.8. The molecule has 2 aromatic carbocycles. The third-order valence-corrected chi connectivity index (χ3v) is 8.45. The molecule has 2 aliphatic heterocycles. The summed E-state index contributed by atoms with van der Waals surface area (Å²) in [6.45, 7) is 4.37. The van der Waals surface area contributed by atoms with E-state index in [1.807, 2.05) is 41.1 Å². The zero-order chi connectivity index (χ0) is 26.2. The molecule has 0 amide bonds. The largest absolute Gasteiger partial charge is 0.454 e. The molecule has 0 spiro atoms. The molecule has 1 saturated heterocycles. The van der Waals surface area contributed by atoms with Crippen LogP contribution in [0.15, 0.2) is 53.3 Å². The lowest BCUT2D eigenvalue weighted by atomic mass is 9.93. The quantitative estimate of drug-likeness (QED) is 0.408. The van der Waals surface area contributed by atoms with Crippen LogP contribution in [0.4, 0.5) is 0 Å². The highest BCUT2D eigenvalue weighted by atomic mass is 16.7. The second-order valence-corrected chi connectivity index (χ2v) is 10.8. The van der Waals surface area contributed by atoms with E-state index in [0.717, 1.165) is 42.6 Å². The molecular weight excluding hydrogens is 494 g/mol. The normalized spacial score (nSPS) is 19.5. The van der Waals surface area contributed by atoms with Crippen LogP contribution in [-0.4, -0.2) is 74.0 Å². The van der Waals surface area contributed by atoms with Crippen molar-refractivity contribution < 1.29 is 9.47 Å². The maximum absolute atomic E-state index is 13.7. The van der Waals surface area contributed by atoms with E-state index < -0.39 is 0 Å². The molecule has 1 N–H and O–H groups in total. The average molecular weight is 528 g/mol. The molecule has 10 nitrogen and oxygen atoms in total. The van der Waals surface area contributed by atoms with E-state index in [1.165, 1.54) is 32.1 Å². The first-order valence-corrected chi connectivity index (χ1v) is 14.0. The van der Waals surface area contributed by atoms with Gasteiger partial charge in [-0.05, 0) is 41.0 Å². The molecule has 0 radical (unpaired) electrons. The molecule has 2 fully saturated rings. The third-order valence-electron chi connectivity index (χ3n) is 8.45. The number of hydrogen-bond acceptors (Lipinski definition) is 8. The lowest BCUT2D eigenvalue weighted by Crippen LogP contribution is -2.52. The summed E-state index contributed by atoms with van der Waals surface area (Å²) in [5.41, 5.74) is 2.32. The zero-order valence-corrected chi connectivity index (χ0v) is 22.0. The molecule has 1 aliphatic carbocycles. The van der Waals surface area contributed by atoms with Crippen molar-refractivity contribution in [1.29, 1.82) is 0 Å². The smallest absolute Gasteiger partial charge is 0.253 e. The van der Waals surface area contributed by atoms with Gasteiger partial charge in [0.25, 0.3) is 5.56 Å². The highest BCUT2D eigenvalue weighted by Crippen LogP contribution is 2.36. The molecule has 7 rings (SSSR count). The predicted molar refractivity (Wildman–Crippen MR) is 146 cm³/mol. The van der Waals surface area contributed by atoms with Gasteiger partial charge in [-0.2, -0.15) is 0 Å². The Kier molecular flexibility index (Phi) is 6.49. The van der Waals surface area contributed by atoms with Gasteiger partial charge in [0.2, 0.25) is 6.79 Å². The summed E-state index contributed by atoms with van der Waals surface area (Å²) in [7, 11) is 0. The minimum Gasteiger partial charge on any atom is -0.454 e. The Morgan fingerprint density at radius 1 is 0.949 bits per heavy atom. The van der Waals surface area contributed by atoms with Gasteiger partial charge in [-0.3, -0.25) is 14.6 Å². The molecule has 1 saturated carbocycles. The van der Waals surface area contributed by atoms with E-state index in [1.54, 1.807) is 0 Å². The van der Waals surface area contributed by atoms with Crippen molar-refractivity contribution in [2.45, 2.75) is 50.7 Å². The number of benzene rings is 2. The van der Waals surface area contributed by atoms with Crippen molar-refractivity contribution in [1.82, 2.24) is 35.0 Å². The van der Waals surface area contributed by atoms with Crippen molar-refractivity contribution in [3.8, 4) is 11.5 Å². The molecular formula is C29H33N7O3. The fraction of sp³-hybridized carbons (Fsp3) is 0.448. The van der Waals surface area contributed by atoms with Gasteiger partial charge < -0.3 is 14.5 Å². The lowest BCUT2D eigenvalue weighted by Gasteiger charge is -2.42. The van der Waals surface area contributed by atoms with Crippen LogP contribution < -0.4 is 15.0 Å². The number of piperazine rings is 1. The summed E-state index contributed by atoms with van der Waals surface area (Å²) < 4.78 is 13.0.